The summed E-state index contributed by atoms with van der Waals surface area (Å²) in [7, 11) is 7.72. The number of rotatable bonds is 30. The molecule has 7 fully saturated rings. The van der Waals surface area contributed by atoms with Crippen LogP contribution in [0.15, 0.2) is 181 Å². The molecule has 0 bridgehead atoms. The van der Waals surface area contributed by atoms with Gasteiger partial charge in [0.15, 0.2) is 0 Å². The first-order valence-electron chi connectivity index (χ1n) is 46.5. The molecule has 43 heteroatoms. The molecule has 3 amide bonds. The molecule has 0 unspecified atom stereocenters. The third kappa shape index (κ3) is 20.3. The number of nitrogens with one attached hydrogen (secondary N) is 1. The molecule has 37 nitrogen and oxygen atoms in total. The first-order valence-corrected chi connectivity index (χ1v) is 48.9. The van der Waals surface area contributed by atoms with Gasteiger partial charge < -0.3 is 62.9 Å². The summed E-state index contributed by atoms with van der Waals surface area (Å²) < 4.78 is 105. The Morgan fingerprint density at radius 3 is 1.04 bits per heavy atom. The Hall–Kier alpha value is -13.2. The van der Waals surface area contributed by atoms with Crippen molar-refractivity contribution in [2.75, 3.05) is 68.3 Å². The summed E-state index contributed by atoms with van der Waals surface area (Å²) in [4.78, 5) is 132. The molecule has 740 valence electrons. The average molecular weight is 1990 g/mol. The van der Waals surface area contributed by atoms with Crippen LogP contribution in [0.2, 0.25) is 0 Å². The summed E-state index contributed by atoms with van der Waals surface area (Å²) in [6.07, 6.45) is 11.9. The second kappa shape index (κ2) is 42.7. The van der Waals surface area contributed by atoms with Crippen LogP contribution in [0.4, 0.5) is 13.2 Å². The van der Waals surface area contributed by atoms with E-state index in [0.717, 1.165) is 38.0 Å². The van der Waals surface area contributed by atoms with Gasteiger partial charge in [-0.3, -0.25) is 42.5 Å². The first-order chi connectivity index (χ1) is 68.2. The number of thiophene rings is 3. The third-order valence-electron chi connectivity index (χ3n) is 26.6. The van der Waals surface area contributed by atoms with Crippen molar-refractivity contribution in [1.29, 1.82) is 0 Å². The number of amides is 3. The largest absolute Gasteiger partial charge is 0.496 e. The van der Waals surface area contributed by atoms with Gasteiger partial charge in [-0.2, -0.15) is 30.6 Å². The lowest BCUT2D eigenvalue weighted by atomic mass is 9.91. The van der Waals surface area contributed by atoms with Crippen LogP contribution in [-0.4, -0.2) is 210 Å². The molecule has 6 atom stereocenters. The number of methoxy groups -OCH3 is 3. The van der Waals surface area contributed by atoms with E-state index in [1.807, 2.05) is 60.7 Å². The molecule has 7 aliphatic rings. The number of benzene rings is 5. The number of carbonyl (C=O) groups is 3. The minimum atomic E-state index is -0.964. The van der Waals surface area contributed by atoms with Gasteiger partial charge in [0.2, 0.25) is 17.7 Å². The average Bonchev–Trinajstić information content (AvgIpc) is 1.59. The van der Waals surface area contributed by atoms with E-state index in [1.165, 1.54) is 198 Å². The molecule has 14 aromatic rings. The molecule has 5 aromatic carbocycles. The normalized spacial score (nSPS) is 20.5. The zero-order valence-corrected chi connectivity index (χ0v) is 80.9. The Labute approximate surface area is 815 Å². The topological polar surface area (TPSA) is 397 Å². The molecule has 4 saturated heterocycles. The fourth-order valence-corrected chi connectivity index (χ4v) is 22.4. The van der Waals surface area contributed by atoms with Crippen molar-refractivity contribution >= 4 is 82.4 Å². The van der Waals surface area contributed by atoms with Crippen LogP contribution >= 0.6 is 34.0 Å². The van der Waals surface area contributed by atoms with Gasteiger partial charge in [0.25, 0.3) is 16.7 Å². The van der Waals surface area contributed by atoms with E-state index in [9.17, 15) is 61.4 Å². The van der Waals surface area contributed by atoms with Gasteiger partial charge in [0.05, 0.1) is 144 Å². The second-order valence-electron chi connectivity index (χ2n) is 35.6. The Balaban J connectivity index is 0.000000136. The van der Waals surface area contributed by atoms with E-state index >= 15 is 0 Å². The van der Waals surface area contributed by atoms with Gasteiger partial charge in [0.1, 0.15) is 101 Å². The van der Waals surface area contributed by atoms with Crippen LogP contribution in [0.3, 0.4) is 0 Å². The van der Waals surface area contributed by atoms with Crippen LogP contribution in [0.1, 0.15) is 152 Å². The van der Waals surface area contributed by atoms with Crippen molar-refractivity contribution in [1.82, 2.24) is 87.5 Å². The minimum Gasteiger partial charge on any atom is -0.496 e. The van der Waals surface area contributed by atoms with Gasteiger partial charge in [-0.1, -0.05) is 94.7 Å². The van der Waals surface area contributed by atoms with Crippen molar-refractivity contribution in [3.63, 3.8) is 0 Å². The summed E-state index contributed by atoms with van der Waals surface area (Å²) >= 11 is 3.55. The quantitative estimate of drug-likeness (QED) is 0.0422. The number of aliphatic hydroxyl groups is 1. The zero-order valence-electron chi connectivity index (χ0n) is 78.5. The Kier molecular flexibility index (Phi) is 29.6. The van der Waals surface area contributed by atoms with Crippen LogP contribution in [0.25, 0.3) is 45.7 Å². The van der Waals surface area contributed by atoms with Gasteiger partial charge >= 0.3 is 17.1 Å². The summed E-state index contributed by atoms with van der Waals surface area (Å²) in [6, 6.07) is 29.3. The number of fused-ring (bicyclic) bond motifs is 3. The Bertz CT molecular complexity index is 7280. The van der Waals surface area contributed by atoms with Crippen molar-refractivity contribution in [3.05, 3.63) is 277 Å². The maximum absolute atomic E-state index is 14.8. The molecule has 3 saturated carbocycles. The van der Waals surface area contributed by atoms with Gasteiger partial charge in [-0.25, -0.2) is 41.3 Å². The lowest BCUT2D eigenvalue weighted by Gasteiger charge is -2.37. The smallest absolute Gasteiger partial charge is 0.332 e. The number of hydrogen-bond acceptors (Lipinski definition) is 28. The van der Waals surface area contributed by atoms with Crippen LogP contribution in [-0.2, 0) is 75.7 Å². The van der Waals surface area contributed by atoms with Crippen LogP contribution in [0.5, 0.6) is 17.2 Å². The highest BCUT2D eigenvalue weighted by Gasteiger charge is 2.43. The summed E-state index contributed by atoms with van der Waals surface area (Å²) in [5.41, 5.74) is 1.43. The minimum absolute atomic E-state index is 0.0171. The van der Waals surface area contributed by atoms with Gasteiger partial charge in [0, 0.05) is 106 Å². The molecular weight excluding hydrogens is 1890 g/mol. The molecule has 13 heterocycles. The third-order valence-corrected chi connectivity index (χ3v) is 30.4. The number of likely N-dealkylation sites (N-methyl/N-ethyl adjacent to an activating group) is 2. The second-order valence-corrected chi connectivity index (χ2v) is 38.6. The number of halogens is 3. The highest BCUT2D eigenvalue weighted by molar-refractivity contribution is 7.22. The van der Waals surface area contributed by atoms with Crippen molar-refractivity contribution in [2.24, 2.45) is 0 Å². The monoisotopic (exact) mass is 1990 g/mol. The fourth-order valence-electron chi connectivity index (χ4n) is 18.8. The number of likely N-dealkylation sites (tertiary alicyclic amines) is 2. The predicted molar refractivity (Wildman–Crippen MR) is 515 cm³/mol. The predicted octanol–water partition coefficient (Wildman–Crippen LogP) is 10.7. The summed E-state index contributed by atoms with van der Waals surface area (Å²) in [6.45, 7) is 9.16. The molecular formula is C98H105F3N18O19S3. The molecule has 0 radical (unpaired) electrons. The summed E-state index contributed by atoms with van der Waals surface area (Å²) in [5, 5.41) is 40.5. The molecule has 3 aliphatic carbocycles. The van der Waals surface area contributed by atoms with Crippen molar-refractivity contribution in [3.8, 4) is 32.3 Å². The lowest BCUT2D eigenvalue weighted by Crippen LogP contribution is -2.45. The number of ether oxygens (including phenoxy) is 9. The molecule has 0 spiro atoms. The highest BCUT2D eigenvalue weighted by atomic mass is 32.1. The maximum Gasteiger partial charge on any atom is 0.332 e. The zero-order chi connectivity index (χ0) is 98.7. The first kappa shape index (κ1) is 98.0. The van der Waals surface area contributed by atoms with E-state index < -0.39 is 99.6 Å². The fraction of sp³-hybridized carbons (Fsp3) is 0.418. The standard InChI is InChI=1S/C34H35FN6O6S.C33H33FN6O6S.C27H29FN6O6S.C4H8O/c1-20-29-31(43)40(26-11-14-38(2)30(26)42)34(44)39(33(29)48-32(20)41-36-12-13-37-41)18-28(25-15-22(35)9-10-27(25)45-3)47-24-16-23(17-24)46-19-21-7-5-4-6-8-21;1-19-28-30(42)39(25-10-11-35-29(25)41)33(43)38(32(28)47-31(19)40-36-12-13-37-40)17-27(24-14-21(34)8-9-26(24)44-2)46-23-15-22(16-23)45-18-20-6-4-3-5-7-20;1-14-22-24(37)33(19-6-9-31(2)23(19)36)27(38)32(26(22)41-25(14)34-29-7-8-30-34)13-21(40-17-11-16(35)12-17)18-10-15(28)4-5-20(18)39-3;1-2-4-5-3-1/h4-10,12-13,15,23-24,26,28H,11,14,16-19H2,1-3H3;3-9,12-14,22-23,25,27H,10-11,15-18H2,1-2H3,(H,35,41);4-5,7-8,10,16-17,19,21,35H,6,9,11-13H2,1-3H3;1-4H2/t23?,24?,26-,28+;22?,23?,25-,27+;16?,17?,19-,21+;/m111./s1. The number of nitrogens with zero attached hydrogens (tertiary/aromatic N) is 17. The van der Waals surface area contributed by atoms with Crippen molar-refractivity contribution < 1.29 is 75.3 Å². The number of aryl methyl sites for hydroxylation is 3. The van der Waals surface area contributed by atoms with E-state index in [2.05, 4.69) is 35.9 Å². The highest BCUT2D eigenvalue weighted by Crippen LogP contribution is 2.44. The maximum atomic E-state index is 14.8. The van der Waals surface area contributed by atoms with E-state index in [-0.39, 0.29) is 78.1 Å². The number of aromatic nitrogens is 15. The van der Waals surface area contributed by atoms with Gasteiger partial charge in [-0.15, -0.1) is 14.4 Å². The van der Waals surface area contributed by atoms with Crippen molar-refractivity contribution in [2.45, 2.75) is 197 Å². The van der Waals surface area contributed by atoms with E-state index in [0.29, 0.717) is 171 Å². The number of aliphatic hydroxyl groups excluding tert-OH is 1. The number of carbonyl (C=O) groups excluding carboxylic acids is 3. The van der Waals surface area contributed by atoms with Crippen LogP contribution < -0.4 is 53.3 Å². The Morgan fingerprint density at radius 1 is 0.433 bits per heavy atom. The molecule has 4 aliphatic heterocycles. The molecule has 9 aromatic heterocycles. The SMILES string of the molecule is C1CCOC1.COc1ccc(F)cc1[C@H](Cn1c(=O)n([C@@H]2CCN(C)C2=O)c(=O)c2c(C)c(-n3nccn3)sc21)OC1CC(O)C1.COc1ccc(F)cc1[C@H](Cn1c(=O)n([C@@H]2CCN(C)C2=O)c(=O)c2c(C)c(-n3nccn3)sc21)OC1CC(OCc2ccccc2)C1.COc1ccc(F)cc1[C@H](Cn1c(=O)n([C@@H]2CCNC2=O)c(=O)c2c(C)c(-n3nccn3)sc21)OC1CC(OCc2ccccc2)C1. The lowest BCUT2D eigenvalue weighted by molar-refractivity contribution is -0.134. The molecule has 141 heavy (non-hydrogen) atoms. The van der Waals surface area contributed by atoms with E-state index in [1.54, 1.807) is 34.9 Å². The van der Waals surface area contributed by atoms with E-state index in [4.69, 9.17) is 42.6 Å². The van der Waals surface area contributed by atoms with Gasteiger partial charge in [-0.05, 0) is 131 Å². The van der Waals surface area contributed by atoms with Crippen LogP contribution in [0, 0.1) is 38.2 Å². The summed E-state index contributed by atoms with van der Waals surface area (Å²) in [5.74, 6) is -1.36. The Morgan fingerprint density at radius 2 is 0.759 bits per heavy atom. The molecule has 2 N–H and O–H groups in total. The number of hydrogen-bond donors (Lipinski definition) is 2. The molecule has 21 rings (SSSR count).